The highest BCUT2D eigenvalue weighted by Crippen LogP contribution is 2.36. The van der Waals surface area contributed by atoms with Crippen molar-refractivity contribution < 1.29 is 14.6 Å². The van der Waals surface area contributed by atoms with Gasteiger partial charge in [-0.1, -0.05) is 19.8 Å². The van der Waals surface area contributed by atoms with Gasteiger partial charge in [-0.2, -0.15) is 0 Å². The Kier molecular flexibility index (Phi) is 8.29. The first-order valence-electron chi connectivity index (χ1n) is 9.53. The van der Waals surface area contributed by atoms with Gasteiger partial charge in [0.25, 0.3) is 0 Å². The van der Waals surface area contributed by atoms with E-state index in [2.05, 4.69) is 24.5 Å². The largest absolute Gasteiger partial charge is 0.392 e. The SMILES string of the molecule is CCNC(=NCC1(C)CCCCC1O)NCCCOC1CCOC1. The molecule has 3 N–H and O–H groups in total. The van der Waals surface area contributed by atoms with Crippen molar-refractivity contribution in [3.8, 4) is 0 Å². The van der Waals surface area contributed by atoms with E-state index in [1.807, 2.05) is 0 Å². The highest BCUT2D eigenvalue weighted by Gasteiger charge is 2.35. The molecule has 24 heavy (non-hydrogen) atoms. The Morgan fingerprint density at radius 1 is 1.33 bits per heavy atom. The molecular formula is C18H35N3O3. The molecule has 1 heterocycles. The summed E-state index contributed by atoms with van der Waals surface area (Å²) >= 11 is 0. The molecule has 1 saturated heterocycles. The Labute approximate surface area is 146 Å². The second-order valence-electron chi connectivity index (χ2n) is 7.25. The van der Waals surface area contributed by atoms with Crippen molar-refractivity contribution in [2.75, 3.05) is 39.5 Å². The summed E-state index contributed by atoms with van der Waals surface area (Å²) in [6.45, 7) is 8.86. The maximum Gasteiger partial charge on any atom is 0.191 e. The number of nitrogens with zero attached hydrogens (tertiary/aromatic N) is 1. The van der Waals surface area contributed by atoms with E-state index in [4.69, 9.17) is 14.5 Å². The fourth-order valence-corrected chi connectivity index (χ4v) is 3.34. The predicted molar refractivity (Wildman–Crippen MR) is 96.4 cm³/mol. The van der Waals surface area contributed by atoms with Crippen LogP contribution in [0.2, 0.25) is 0 Å². The van der Waals surface area contributed by atoms with E-state index in [0.717, 1.165) is 71.0 Å². The maximum atomic E-state index is 10.3. The van der Waals surface area contributed by atoms with Gasteiger partial charge in [0.2, 0.25) is 0 Å². The number of hydrogen-bond acceptors (Lipinski definition) is 4. The molecule has 0 amide bonds. The van der Waals surface area contributed by atoms with Gasteiger partial charge in [0.05, 0.1) is 25.4 Å². The van der Waals surface area contributed by atoms with E-state index in [1.54, 1.807) is 0 Å². The van der Waals surface area contributed by atoms with E-state index < -0.39 is 0 Å². The summed E-state index contributed by atoms with van der Waals surface area (Å²) in [6.07, 6.45) is 6.27. The first kappa shape index (κ1) is 19.5. The molecule has 1 aliphatic carbocycles. The smallest absolute Gasteiger partial charge is 0.191 e. The van der Waals surface area contributed by atoms with Gasteiger partial charge in [-0.3, -0.25) is 4.99 Å². The van der Waals surface area contributed by atoms with Gasteiger partial charge in [-0.15, -0.1) is 0 Å². The van der Waals surface area contributed by atoms with Crippen LogP contribution in [0.25, 0.3) is 0 Å². The van der Waals surface area contributed by atoms with E-state index in [0.29, 0.717) is 6.54 Å². The standard InChI is InChI=1S/C18H35N3O3/c1-3-19-17(20-10-6-11-24-15-8-12-23-13-15)21-14-18(2)9-5-4-7-16(18)22/h15-16,22H,3-14H2,1-2H3,(H2,19,20,21). The highest BCUT2D eigenvalue weighted by molar-refractivity contribution is 5.79. The number of ether oxygens (including phenoxy) is 2. The topological polar surface area (TPSA) is 75.1 Å². The molecule has 140 valence electrons. The average molecular weight is 341 g/mol. The van der Waals surface area contributed by atoms with Crippen LogP contribution in [0.3, 0.4) is 0 Å². The summed E-state index contributed by atoms with van der Waals surface area (Å²) in [5, 5.41) is 16.9. The predicted octanol–water partition coefficient (Wildman–Crippen LogP) is 1.68. The van der Waals surface area contributed by atoms with Crippen molar-refractivity contribution in [2.24, 2.45) is 10.4 Å². The molecule has 6 heteroatoms. The first-order chi connectivity index (χ1) is 11.6. The van der Waals surface area contributed by atoms with Crippen molar-refractivity contribution in [1.82, 2.24) is 10.6 Å². The van der Waals surface area contributed by atoms with Crippen molar-refractivity contribution >= 4 is 5.96 Å². The molecule has 1 aliphatic heterocycles. The Hall–Kier alpha value is -0.850. The van der Waals surface area contributed by atoms with Crippen molar-refractivity contribution in [3.05, 3.63) is 0 Å². The molecule has 0 aromatic heterocycles. The van der Waals surface area contributed by atoms with Crippen molar-refractivity contribution in [1.29, 1.82) is 0 Å². The second kappa shape index (κ2) is 10.2. The van der Waals surface area contributed by atoms with E-state index in [1.165, 1.54) is 6.42 Å². The zero-order valence-electron chi connectivity index (χ0n) is 15.4. The van der Waals surface area contributed by atoms with Gasteiger partial charge >= 0.3 is 0 Å². The normalized spacial score (nSPS) is 31.2. The molecule has 0 bridgehead atoms. The van der Waals surface area contributed by atoms with Crippen LogP contribution in [0.15, 0.2) is 4.99 Å². The average Bonchev–Trinajstić information content (AvgIpc) is 3.08. The van der Waals surface area contributed by atoms with Gasteiger partial charge in [0.15, 0.2) is 5.96 Å². The number of aliphatic hydroxyl groups excluding tert-OH is 1. The fourth-order valence-electron chi connectivity index (χ4n) is 3.34. The van der Waals surface area contributed by atoms with Gasteiger partial charge in [-0.25, -0.2) is 0 Å². The Bertz CT molecular complexity index is 386. The molecule has 6 nitrogen and oxygen atoms in total. The van der Waals surface area contributed by atoms with Crippen LogP contribution in [0.1, 0.15) is 52.4 Å². The molecule has 2 fully saturated rings. The summed E-state index contributed by atoms with van der Waals surface area (Å²) in [4.78, 5) is 4.71. The fraction of sp³-hybridized carbons (Fsp3) is 0.944. The lowest BCUT2D eigenvalue weighted by atomic mass is 9.73. The van der Waals surface area contributed by atoms with Crippen LogP contribution in [0.4, 0.5) is 0 Å². The quantitative estimate of drug-likeness (QED) is 0.356. The van der Waals surface area contributed by atoms with Crippen LogP contribution in [0.5, 0.6) is 0 Å². The zero-order chi connectivity index (χ0) is 17.3. The number of hydrogen-bond donors (Lipinski definition) is 3. The molecule has 1 saturated carbocycles. The van der Waals surface area contributed by atoms with Crippen LogP contribution in [0, 0.1) is 5.41 Å². The lowest BCUT2D eigenvalue weighted by molar-refractivity contribution is 0.00716. The minimum Gasteiger partial charge on any atom is -0.392 e. The highest BCUT2D eigenvalue weighted by atomic mass is 16.5. The number of rotatable bonds is 8. The number of aliphatic hydroxyl groups is 1. The number of nitrogens with one attached hydrogen (secondary N) is 2. The molecule has 2 aliphatic rings. The van der Waals surface area contributed by atoms with Gasteiger partial charge in [-0.05, 0) is 32.6 Å². The number of guanidine groups is 1. The first-order valence-corrected chi connectivity index (χ1v) is 9.53. The minimum absolute atomic E-state index is 0.0911. The second-order valence-corrected chi connectivity index (χ2v) is 7.25. The lowest BCUT2D eigenvalue weighted by Gasteiger charge is -2.37. The summed E-state index contributed by atoms with van der Waals surface area (Å²) in [5.41, 5.74) is -0.0911. The molecule has 0 radical (unpaired) electrons. The number of aliphatic imine (C=N–C) groups is 1. The van der Waals surface area contributed by atoms with Crippen LogP contribution < -0.4 is 10.6 Å². The molecular weight excluding hydrogens is 306 g/mol. The maximum absolute atomic E-state index is 10.3. The molecule has 3 atom stereocenters. The van der Waals surface area contributed by atoms with Gasteiger partial charge < -0.3 is 25.2 Å². The van der Waals surface area contributed by atoms with E-state index in [9.17, 15) is 5.11 Å². The third kappa shape index (κ3) is 6.22. The minimum atomic E-state index is -0.236. The van der Waals surface area contributed by atoms with Crippen LogP contribution >= 0.6 is 0 Å². The van der Waals surface area contributed by atoms with Crippen molar-refractivity contribution in [2.45, 2.75) is 64.6 Å². The van der Waals surface area contributed by atoms with Crippen LogP contribution in [-0.4, -0.2) is 62.7 Å². The van der Waals surface area contributed by atoms with E-state index >= 15 is 0 Å². The summed E-state index contributed by atoms with van der Waals surface area (Å²) in [5.74, 6) is 0.834. The summed E-state index contributed by atoms with van der Waals surface area (Å²) in [6, 6.07) is 0. The third-order valence-corrected chi connectivity index (χ3v) is 5.08. The molecule has 0 spiro atoms. The Morgan fingerprint density at radius 3 is 2.92 bits per heavy atom. The van der Waals surface area contributed by atoms with Gasteiger partial charge in [0, 0.05) is 31.7 Å². The Balaban J connectivity index is 1.69. The molecule has 0 aromatic rings. The Morgan fingerprint density at radius 2 is 2.21 bits per heavy atom. The third-order valence-electron chi connectivity index (χ3n) is 5.08. The molecule has 0 aromatic carbocycles. The monoisotopic (exact) mass is 341 g/mol. The lowest BCUT2D eigenvalue weighted by Crippen LogP contribution is -2.42. The molecule has 3 unspecified atom stereocenters. The zero-order valence-corrected chi connectivity index (χ0v) is 15.4. The van der Waals surface area contributed by atoms with Crippen LogP contribution in [-0.2, 0) is 9.47 Å². The van der Waals surface area contributed by atoms with E-state index in [-0.39, 0.29) is 17.6 Å². The van der Waals surface area contributed by atoms with Gasteiger partial charge in [0.1, 0.15) is 0 Å². The van der Waals surface area contributed by atoms with Crippen molar-refractivity contribution in [3.63, 3.8) is 0 Å². The molecule has 2 rings (SSSR count). The summed E-state index contributed by atoms with van der Waals surface area (Å²) < 4.78 is 11.1. The summed E-state index contributed by atoms with van der Waals surface area (Å²) in [7, 11) is 0.